The SMILES string of the molecule is CCCC(C)[C@@H](c1ccc(OC(F)(F)C(F)F)cc1)N1CCNCC1. The van der Waals surface area contributed by atoms with Crippen LogP contribution in [0.3, 0.4) is 0 Å². The Morgan fingerprint density at radius 1 is 1.16 bits per heavy atom. The topological polar surface area (TPSA) is 24.5 Å². The summed E-state index contributed by atoms with van der Waals surface area (Å²) >= 11 is 0. The fraction of sp³-hybridized carbons (Fsp3) is 0.667. The number of piperazine rings is 1. The van der Waals surface area contributed by atoms with E-state index in [0.717, 1.165) is 44.6 Å². The van der Waals surface area contributed by atoms with E-state index in [0.29, 0.717) is 5.92 Å². The lowest BCUT2D eigenvalue weighted by atomic mass is 9.89. The molecule has 142 valence electrons. The Bertz CT molecular complexity index is 518. The van der Waals surface area contributed by atoms with Crippen molar-refractivity contribution in [2.75, 3.05) is 26.2 Å². The average molecular weight is 362 g/mol. The summed E-state index contributed by atoms with van der Waals surface area (Å²) in [6.45, 7) is 7.98. The van der Waals surface area contributed by atoms with Crippen LogP contribution < -0.4 is 10.1 Å². The number of halogens is 4. The molecule has 0 aliphatic carbocycles. The van der Waals surface area contributed by atoms with Crippen LogP contribution in [0.4, 0.5) is 17.6 Å². The molecule has 3 nitrogen and oxygen atoms in total. The van der Waals surface area contributed by atoms with Crippen LogP contribution in [0.2, 0.25) is 0 Å². The highest BCUT2D eigenvalue weighted by Crippen LogP contribution is 2.34. The predicted molar refractivity (Wildman–Crippen MR) is 89.3 cm³/mol. The predicted octanol–water partition coefficient (Wildman–Crippen LogP) is 4.31. The monoisotopic (exact) mass is 362 g/mol. The standard InChI is InChI=1S/C18H26F4N2O/c1-3-4-13(2)16(24-11-9-23-10-12-24)14-5-7-15(8-6-14)25-18(21,22)17(19)20/h5-8,13,16-17,23H,3-4,9-12H2,1-2H3/t13?,16-/m0/s1. The second kappa shape index (κ2) is 8.85. The summed E-state index contributed by atoms with van der Waals surface area (Å²) in [5.41, 5.74) is 0.996. The fourth-order valence-electron chi connectivity index (χ4n) is 3.41. The molecule has 1 N–H and O–H groups in total. The van der Waals surface area contributed by atoms with E-state index in [-0.39, 0.29) is 11.8 Å². The van der Waals surface area contributed by atoms with Crippen LogP contribution in [0.25, 0.3) is 0 Å². The molecule has 0 bridgehead atoms. The van der Waals surface area contributed by atoms with Gasteiger partial charge >= 0.3 is 12.5 Å². The maximum absolute atomic E-state index is 13.0. The van der Waals surface area contributed by atoms with E-state index < -0.39 is 12.5 Å². The minimum absolute atomic E-state index is 0.173. The van der Waals surface area contributed by atoms with E-state index in [1.165, 1.54) is 12.1 Å². The molecular formula is C18H26F4N2O. The van der Waals surface area contributed by atoms with Crippen LogP contribution >= 0.6 is 0 Å². The summed E-state index contributed by atoms with van der Waals surface area (Å²) in [4.78, 5) is 2.39. The molecule has 1 aliphatic rings. The van der Waals surface area contributed by atoms with E-state index in [1.54, 1.807) is 12.1 Å². The van der Waals surface area contributed by atoms with Crippen LogP contribution in [0, 0.1) is 5.92 Å². The van der Waals surface area contributed by atoms with Gasteiger partial charge in [0.15, 0.2) is 0 Å². The summed E-state index contributed by atoms with van der Waals surface area (Å²) in [5.74, 6) is 0.147. The zero-order valence-electron chi connectivity index (χ0n) is 14.7. The molecule has 1 saturated heterocycles. The molecule has 1 aliphatic heterocycles. The first-order valence-corrected chi connectivity index (χ1v) is 8.75. The Morgan fingerprint density at radius 2 is 1.76 bits per heavy atom. The molecule has 1 aromatic rings. The minimum Gasteiger partial charge on any atom is -0.428 e. The summed E-state index contributed by atoms with van der Waals surface area (Å²) in [5, 5.41) is 3.32. The second-order valence-corrected chi connectivity index (χ2v) is 6.53. The molecular weight excluding hydrogens is 336 g/mol. The van der Waals surface area contributed by atoms with E-state index in [4.69, 9.17) is 0 Å². The van der Waals surface area contributed by atoms with Gasteiger partial charge in [-0.05, 0) is 30.0 Å². The van der Waals surface area contributed by atoms with E-state index in [1.807, 2.05) is 0 Å². The van der Waals surface area contributed by atoms with Crippen molar-refractivity contribution in [3.05, 3.63) is 29.8 Å². The van der Waals surface area contributed by atoms with Crippen molar-refractivity contribution < 1.29 is 22.3 Å². The molecule has 0 amide bonds. The molecule has 2 atom stereocenters. The van der Waals surface area contributed by atoms with Crippen molar-refractivity contribution >= 4 is 0 Å². The minimum atomic E-state index is -4.48. The molecule has 0 radical (unpaired) electrons. The summed E-state index contributed by atoms with van der Waals surface area (Å²) in [7, 11) is 0. The van der Waals surface area contributed by atoms with Crippen molar-refractivity contribution in [3.63, 3.8) is 0 Å². The quantitative estimate of drug-likeness (QED) is 0.698. The van der Waals surface area contributed by atoms with Crippen molar-refractivity contribution in [2.45, 2.75) is 45.3 Å². The highest BCUT2D eigenvalue weighted by Gasteiger charge is 2.44. The van der Waals surface area contributed by atoms with E-state index in [2.05, 4.69) is 28.8 Å². The number of hydrogen-bond acceptors (Lipinski definition) is 3. The highest BCUT2D eigenvalue weighted by atomic mass is 19.3. The van der Waals surface area contributed by atoms with Crippen molar-refractivity contribution in [2.24, 2.45) is 5.92 Å². The molecule has 1 unspecified atom stereocenters. The fourth-order valence-corrected chi connectivity index (χ4v) is 3.41. The lowest BCUT2D eigenvalue weighted by Crippen LogP contribution is -2.46. The molecule has 1 aromatic carbocycles. The lowest BCUT2D eigenvalue weighted by Gasteiger charge is -2.38. The normalized spacial score (nSPS) is 19.0. The largest absolute Gasteiger partial charge is 0.461 e. The first kappa shape index (κ1) is 20.0. The highest BCUT2D eigenvalue weighted by molar-refractivity contribution is 5.30. The van der Waals surface area contributed by atoms with Gasteiger partial charge in [0.25, 0.3) is 0 Å². The molecule has 25 heavy (non-hydrogen) atoms. The summed E-state index contributed by atoms with van der Waals surface area (Å²) in [6, 6.07) is 6.27. The smallest absolute Gasteiger partial charge is 0.428 e. The number of nitrogens with one attached hydrogen (secondary N) is 1. The molecule has 1 fully saturated rings. The number of ether oxygens (including phenoxy) is 1. The van der Waals surface area contributed by atoms with Gasteiger partial charge in [-0.1, -0.05) is 32.4 Å². The van der Waals surface area contributed by atoms with Gasteiger partial charge in [-0.15, -0.1) is 0 Å². The number of benzene rings is 1. The van der Waals surface area contributed by atoms with E-state index in [9.17, 15) is 17.6 Å². The Balaban J connectivity index is 2.17. The van der Waals surface area contributed by atoms with Crippen LogP contribution in [-0.4, -0.2) is 43.6 Å². The number of alkyl halides is 4. The maximum atomic E-state index is 13.0. The molecule has 1 heterocycles. The maximum Gasteiger partial charge on any atom is 0.461 e. The van der Waals surface area contributed by atoms with Crippen LogP contribution in [-0.2, 0) is 0 Å². The third-order valence-corrected chi connectivity index (χ3v) is 4.56. The van der Waals surface area contributed by atoms with Crippen molar-refractivity contribution in [1.29, 1.82) is 0 Å². The molecule has 7 heteroatoms. The number of rotatable bonds is 8. The van der Waals surface area contributed by atoms with Gasteiger partial charge in [-0.25, -0.2) is 0 Å². The Labute approximate surface area is 146 Å². The van der Waals surface area contributed by atoms with Crippen molar-refractivity contribution in [3.8, 4) is 5.75 Å². The van der Waals surface area contributed by atoms with Gasteiger partial charge in [0.05, 0.1) is 0 Å². The van der Waals surface area contributed by atoms with Crippen molar-refractivity contribution in [1.82, 2.24) is 10.2 Å². The third-order valence-electron chi connectivity index (χ3n) is 4.56. The zero-order chi connectivity index (χ0) is 18.4. The lowest BCUT2D eigenvalue weighted by molar-refractivity contribution is -0.253. The van der Waals surface area contributed by atoms with Gasteiger partial charge in [0.2, 0.25) is 0 Å². The Kier molecular flexibility index (Phi) is 7.07. The van der Waals surface area contributed by atoms with Gasteiger partial charge in [-0.3, -0.25) is 4.90 Å². The van der Waals surface area contributed by atoms with Gasteiger partial charge in [-0.2, -0.15) is 17.6 Å². The molecule has 0 saturated carbocycles. The van der Waals surface area contributed by atoms with Gasteiger partial charge in [0, 0.05) is 32.2 Å². The van der Waals surface area contributed by atoms with Crippen LogP contribution in [0.1, 0.15) is 38.3 Å². The molecule has 0 spiro atoms. The number of hydrogen-bond donors (Lipinski definition) is 1. The second-order valence-electron chi connectivity index (χ2n) is 6.53. The third kappa shape index (κ3) is 5.31. The summed E-state index contributed by atoms with van der Waals surface area (Å²) in [6.07, 6.45) is -6.22. The number of nitrogens with zero attached hydrogens (tertiary/aromatic N) is 1. The molecule has 0 aromatic heterocycles. The zero-order valence-corrected chi connectivity index (χ0v) is 14.7. The van der Waals surface area contributed by atoms with Gasteiger partial charge < -0.3 is 10.1 Å². The van der Waals surface area contributed by atoms with Crippen LogP contribution in [0.15, 0.2) is 24.3 Å². The Morgan fingerprint density at radius 3 is 2.28 bits per heavy atom. The average Bonchev–Trinajstić information content (AvgIpc) is 2.57. The first-order valence-electron chi connectivity index (χ1n) is 8.75. The Hall–Kier alpha value is -1.34. The van der Waals surface area contributed by atoms with Gasteiger partial charge in [0.1, 0.15) is 5.75 Å². The molecule has 2 rings (SSSR count). The summed E-state index contributed by atoms with van der Waals surface area (Å²) < 4.78 is 54.7. The van der Waals surface area contributed by atoms with Crippen LogP contribution in [0.5, 0.6) is 5.75 Å². The van der Waals surface area contributed by atoms with E-state index >= 15 is 0 Å². The first-order chi connectivity index (χ1) is 11.8.